The van der Waals surface area contributed by atoms with Gasteiger partial charge in [-0.1, -0.05) is 11.6 Å². The van der Waals surface area contributed by atoms with Crippen molar-refractivity contribution in [3.8, 4) is 5.75 Å². The number of methoxy groups -OCH3 is 1. The van der Waals surface area contributed by atoms with Crippen molar-refractivity contribution in [1.82, 2.24) is 4.48 Å². The Morgan fingerprint density at radius 3 is 2.87 bits per heavy atom. The predicted octanol–water partition coefficient (Wildman–Crippen LogP) is 3.80. The van der Waals surface area contributed by atoms with Gasteiger partial charge in [0.05, 0.1) is 12.7 Å². The number of ether oxygens (including phenoxy) is 1. The summed E-state index contributed by atoms with van der Waals surface area (Å²) in [7, 11) is 1.54. The maximum atomic E-state index is 14.7. The third-order valence-corrected chi connectivity index (χ3v) is 4.41. The fourth-order valence-electron chi connectivity index (χ4n) is 3.17. The van der Waals surface area contributed by atoms with E-state index in [0.29, 0.717) is 27.7 Å². The third-order valence-electron chi connectivity index (χ3n) is 4.17. The second-order valence-electron chi connectivity index (χ2n) is 5.41. The lowest BCUT2D eigenvalue weighted by molar-refractivity contribution is -0.356. The van der Waals surface area contributed by atoms with Gasteiger partial charge in [-0.25, -0.2) is 0 Å². The van der Waals surface area contributed by atoms with E-state index in [1.165, 1.54) is 19.5 Å². The molecule has 0 radical (unpaired) electrons. The first-order chi connectivity index (χ1) is 11.0. The van der Waals surface area contributed by atoms with Crippen LogP contribution in [-0.2, 0) is 0 Å². The average Bonchev–Trinajstić information content (AvgIpc) is 3.18. The molecule has 0 fully saturated rings. The number of nitrogens with zero attached hydrogens (tertiary/aromatic N) is 2. The predicted molar refractivity (Wildman–Crippen MR) is 87.3 cm³/mol. The molecule has 0 saturated carbocycles. The molecule has 3 heterocycles. The van der Waals surface area contributed by atoms with Crippen molar-refractivity contribution in [3.63, 3.8) is 0 Å². The Labute approximate surface area is 136 Å². The van der Waals surface area contributed by atoms with E-state index in [-0.39, 0.29) is 0 Å². The highest BCUT2D eigenvalue weighted by atomic mass is 35.5. The van der Waals surface area contributed by atoms with Crippen LogP contribution in [0.2, 0.25) is 5.02 Å². The summed E-state index contributed by atoms with van der Waals surface area (Å²) in [6.45, 7) is -3.89. The normalized spacial score (nSPS) is 17.8. The molecule has 0 amide bonds. The molecule has 0 unspecified atom stereocenters. The maximum absolute atomic E-state index is 14.7. The van der Waals surface area contributed by atoms with Crippen molar-refractivity contribution < 1.29 is 17.9 Å². The highest BCUT2D eigenvalue weighted by molar-refractivity contribution is 6.57. The number of fused-ring (bicyclic) bond motifs is 2. The topological polar surface area (TPSA) is 17.2 Å². The van der Waals surface area contributed by atoms with Crippen LogP contribution in [0.3, 0.4) is 0 Å². The first-order valence-corrected chi connectivity index (χ1v) is 7.49. The highest BCUT2D eigenvalue weighted by Crippen LogP contribution is 2.41. The van der Waals surface area contributed by atoms with Crippen molar-refractivity contribution in [2.45, 2.75) is 0 Å². The van der Waals surface area contributed by atoms with Gasteiger partial charge >= 0.3 is 6.97 Å². The van der Waals surface area contributed by atoms with Crippen molar-refractivity contribution >= 4 is 30.4 Å². The van der Waals surface area contributed by atoms with Crippen molar-refractivity contribution in [2.24, 2.45) is 0 Å². The molecule has 4 rings (SSSR count). The van der Waals surface area contributed by atoms with Crippen LogP contribution < -0.4 is 4.74 Å². The average molecular weight is 333 g/mol. The van der Waals surface area contributed by atoms with Gasteiger partial charge in [0.1, 0.15) is 12.0 Å². The second-order valence-corrected chi connectivity index (χ2v) is 5.85. The zero-order valence-electron chi connectivity index (χ0n) is 12.2. The molecular formula is C16H12BClF2N2O. The molecule has 2 aliphatic rings. The molecule has 0 bridgehead atoms. The Hall–Kier alpha value is -2.34. The van der Waals surface area contributed by atoms with Crippen LogP contribution in [0.5, 0.6) is 5.75 Å². The molecule has 3 nitrogen and oxygen atoms in total. The minimum Gasteiger partial charge on any atom is -0.496 e. The molecule has 0 N–H and O–H groups in total. The lowest BCUT2D eigenvalue weighted by Crippen LogP contribution is -2.49. The van der Waals surface area contributed by atoms with E-state index in [2.05, 4.69) is 0 Å². The third kappa shape index (κ3) is 1.91. The maximum Gasteiger partial charge on any atom is 0.737 e. The molecule has 2 aliphatic heterocycles. The SMILES string of the molecule is COc1cc(Cl)ccc1C1=C2C=CC=[N+]2[B-](F)(F)n2cccc21. The van der Waals surface area contributed by atoms with Crippen LogP contribution in [-0.4, -0.2) is 29.3 Å². The Kier molecular flexibility index (Phi) is 3.00. The smallest absolute Gasteiger partial charge is 0.496 e. The molecule has 23 heavy (non-hydrogen) atoms. The van der Waals surface area contributed by atoms with Gasteiger partial charge in [-0.15, -0.1) is 0 Å². The van der Waals surface area contributed by atoms with Crippen LogP contribution in [0.4, 0.5) is 8.63 Å². The summed E-state index contributed by atoms with van der Waals surface area (Å²) >= 11 is 6.02. The largest absolute Gasteiger partial charge is 0.737 e. The number of hydrogen-bond acceptors (Lipinski definition) is 1. The van der Waals surface area contributed by atoms with Crippen molar-refractivity contribution in [1.29, 1.82) is 0 Å². The van der Waals surface area contributed by atoms with Crippen LogP contribution >= 0.6 is 11.6 Å². The minimum atomic E-state index is -3.89. The van der Waals surface area contributed by atoms with Gasteiger partial charge in [-0.05, 0) is 36.5 Å². The number of halogens is 3. The van der Waals surface area contributed by atoms with Gasteiger partial charge in [0, 0.05) is 28.4 Å². The van der Waals surface area contributed by atoms with E-state index < -0.39 is 6.97 Å². The van der Waals surface area contributed by atoms with Crippen molar-refractivity contribution in [2.75, 3.05) is 7.11 Å². The Balaban J connectivity index is 2.06. The summed E-state index contributed by atoms with van der Waals surface area (Å²) in [5.74, 6) is 0.547. The minimum absolute atomic E-state index is 0.460. The molecule has 0 atom stereocenters. The van der Waals surface area contributed by atoms with Gasteiger partial charge in [0.2, 0.25) is 0 Å². The monoisotopic (exact) mass is 332 g/mol. The summed E-state index contributed by atoms with van der Waals surface area (Å²) in [5.41, 5.74) is 2.34. The zero-order chi connectivity index (χ0) is 16.2. The molecule has 1 aromatic heterocycles. The standard InChI is InChI=1S/C16H12BClF2N2O/c1-23-15-10-11(18)6-7-12(15)16-13-4-2-8-21(13)17(19,20)22-9-3-5-14(16)22/h2-10H,1H3. The Bertz CT molecular complexity index is 915. The first-order valence-electron chi connectivity index (χ1n) is 7.12. The van der Waals surface area contributed by atoms with Crippen LogP contribution in [0.25, 0.3) is 5.57 Å². The van der Waals surface area contributed by atoms with Gasteiger partial charge < -0.3 is 22.3 Å². The van der Waals surface area contributed by atoms with E-state index in [9.17, 15) is 8.63 Å². The van der Waals surface area contributed by atoms with Gasteiger partial charge in [0.25, 0.3) is 0 Å². The molecule has 0 aliphatic carbocycles. The molecule has 7 heteroatoms. The highest BCUT2D eigenvalue weighted by Gasteiger charge is 2.51. The number of hydrogen-bond donors (Lipinski definition) is 0. The summed E-state index contributed by atoms with van der Waals surface area (Å²) in [6, 6.07) is 8.52. The zero-order valence-corrected chi connectivity index (χ0v) is 13.0. The molecule has 0 saturated heterocycles. The van der Waals surface area contributed by atoms with Crippen LogP contribution in [0, 0.1) is 0 Å². The van der Waals surface area contributed by atoms with E-state index in [1.54, 1.807) is 42.5 Å². The van der Waals surface area contributed by atoms with E-state index in [1.807, 2.05) is 0 Å². The lowest BCUT2D eigenvalue weighted by atomic mass is 9.86. The quantitative estimate of drug-likeness (QED) is 0.765. The van der Waals surface area contributed by atoms with Crippen LogP contribution in [0.1, 0.15) is 11.3 Å². The number of aromatic nitrogens is 1. The first kappa shape index (κ1) is 14.3. The van der Waals surface area contributed by atoms with E-state index in [0.717, 1.165) is 14.5 Å². The van der Waals surface area contributed by atoms with Crippen molar-refractivity contribution in [3.05, 3.63) is 70.7 Å². The van der Waals surface area contributed by atoms with E-state index >= 15 is 0 Å². The van der Waals surface area contributed by atoms with Gasteiger partial charge in [0.15, 0.2) is 5.70 Å². The fraction of sp³-hybridized carbons (Fsp3) is 0.0625. The molecule has 0 spiro atoms. The van der Waals surface area contributed by atoms with Gasteiger partial charge in [-0.3, -0.25) is 0 Å². The Morgan fingerprint density at radius 2 is 2.09 bits per heavy atom. The second kappa shape index (κ2) is 4.83. The summed E-state index contributed by atoms with van der Waals surface area (Å²) < 4.78 is 36.9. The van der Waals surface area contributed by atoms with E-state index in [4.69, 9.17) is 16.3 Å². The number of rotatable bonds is 2. The molecule has 1 aromatic carbocycles. The molecule has 116 valence electrons. The Morgan fingerprint density at radius 1 is 1.26 bits per heavy atom. The lowest BCUT2D eigenvalue weighted by Gasteiger charge is -2.31. The van der Waals surface area contributed by atoms with Gasteiger partial charge in [-0.2, -0.15) is 0 Å². The molecular weight excluding hydrogens is 320 g/mol. The fourth-order valence-corrected chi connectivity index (χ4v) is 3.33. The summed E-state index contributed by atoms with van der Waals surface area (Å²) in [4.78, 5) is 0. The number of allylic oxidation sites excluding steroid dienone is 2. The number of benzene rings is 1. The molecule has 2 aromatic rings. The van der Waals surface area contributed by atoms with Crippen LogP contribution in [0.15, 0.2) is 54.4 Å². The summed E-state index contributed by atoms with van der Waals surface area (Å²) in [6.07, 6.45) is 6.12. The summed E-state index contributed by atoms with van der Waals surface area (Å²) in [5, 5.41) is 0.530.